The van der Waals surface area contributed by atoms with Gasteiger partial charge in [0.1, 0.15) is 17.1 Å². The molecule has 0 atom stereocenters. The molecule has 1 aliphatic heterocycles. The van der Waals surface area contributed by atoms with Gasteiger partial charge in [0.2, 0.25) is 5.89 Å². The maximum atomic E-state index is 10.6. The second kappa shape index (κ2) is 12.8. The number of halogens is 6. The summed E-state index contributed by atoms with van der Waals surface area (Å²) >= 11 is 0. The molecule has 0 aliphatic carbocycles. The average Bonchev–Trinajstić information content (AvgIpc) is 3.57. The third-order valence-corrected chi connectivity index (χ3v) is 5.62. The number of aromatic nitrogens is 4. The van der Waals surface area contributed by atoms with Crippen LogP contribution in [0, 0.1) is 0 Å². The number of hydrogen-bond donors (Lipinski definition) is 5. The summed E-state index contributed by atoms with van der Waals surface area (Å²) in [5.41, 5.74) is 9.72. The number of pyridine rings is 1. The number of oxazole rings is 1. The number of aliphatic carboxylic acids is 2. The summed E-state index contributed by atoms with van der Waals surface area (Å²) in [6.45, 7) is 2.03. The molecule has 6 N–H and O–H groups in total. The standard InChI is InChI=1S/C20H20N6O2.2C2HF3O2/c21-19-16(20-25-17-2-1-15(27)8-18(17)28-20)7-12(9-23-19)13-10-24-26(11-13)14-3-5-22-6-4-14;2*3-2(4,5)1(6)7/h1-2,7-11,14,22,27H,3-6H2,(H2,21,23);2*(H,6,7). The van der Waals surface area contributed by atoms with Crippen LogP contribution in [0.15, 0.2) is 47.3 Å². The number of carboxylic acids is 2. The summed E-state index contributed by atoms with van der Waals surface area (Å²) in [5, 5.41) is 31.8. The van der Waals surface area contributed by atoms with Gasteiger partial charge in [-0.2, -0.15) is 31.4 Å². The highest BCUT2D eigenvalue weighted by molar-refractivity contribution is 5.81. The number of carbonyl (C=O) groups is 2. The molecule has 18 heteroatoms. The van der Waals surface area contributed by atoms with Crippen LogP contribution in [-0.4, -0.2) is 72.4 Å². The van der Waals surface area contributed by atoms with Gasteiger partial charge in [-0.05, 0) is 44.1 Å². The predicted molar refractivity (Wildman–Crippen MR) is 133 cm³/mol. The van der Waals surface area contributed by atoms with Crippen molar-refractivity contribution < 1.29 is 55.7 Å². The van der Waals surface area contributed by atoms with E-state index in [2.05, 4.69) is 26.6 Å². The molecule has 1 saturated heterocycles. The van der Waals surface area contributed by atoms with Gasteiger partial charge in [0, 0.05) is 29.6 Å². The molecule has 0 radical (unpaired) electrons. The van der Waals surface area contributed by atoms with Gasteiger partial charge in [0.05, 0.1) is 17.8 Å². The first-order valence-corrected chi connectivity index (χ1v) is 11.8. The summed E-state index contributed by atoms with van der Waals surface area (Å²) in [7, 11) is 0. The minimum absolute atomic E-state index is 0.125. The monoisotopic (exact) mass is 604 g/mol. The summed E-state index contributed by atoms with van der Waals surface area (Å²) in [5.74, 6) is -4.68. The van der Waals surface area contributed by atoms with Crippen molar-refractivity contribution >= 4 is 28.9 Å². The maximum absolute atomic E-state index is 10.6. The normalized spacial score (nSPS) is 14.0. The predicted octanol–water partition coefficient (Wildman–Crippen LogP) is 4.23. The third-order valence-electron chi connectivity index (χ3n) is 5.62. The highest BCUT2D eigenvalue weighted by atomic mass is 19.4. The maximum Gasteiger partial charge on any atom is 0.490 e. The van der Waals surface area contributed by atoms with Crippen LogP contribution >= 0.6 is 0 Å². The van der Waals surface area contributed by atoms with Crippen LogP contribution in [-0.2, 0) is 9.59 Å². The van der Waals surface area contributed by atoms with Gasteiger partial charge in [-0.25, -0.2) is 19.6 Å². The number of carboxylic acid groups (broad SMARTS) is 2. The number of fused-ring (bicyclic) bond motifs is 1. The van der Waals surface area contributed by atoms with E-state index in [1.807, 2.05) is 16.9 Å². The molecule has 3 aromatic heterocycles. The van der Waals surface area contributed by atoms with E-state index in [0.717, 1.165) is 37.1 Å². The van der Waals surface area contributed by atoms with Gasteiger partial charge in [-0.3, -0.25) is 4.68 Å². The SMILES string of the molecule is Nc1ncc(-c2cnn(C3CCNCC3)c2)cc1-c1nc2ccc(O)cc2o1.O=C(O)C(F)(F)F.O=C(O)C(F)(F)F. The Hall–Kier alpha value is -4.87. The van der Waals surface area contributed by atoms with Gasteiger partial charge in [0.15, 0.2) is 5.58 Å². The molecule has 42 heavy (non-hydrogen) atoms. The quantitative estimate of drug-likeness (QED) is 0.210. The lowest BCUT2D eigenvalue weighted by atomic mass is 10.1. The molecule has 1 fully saturated rings. The number of nitrogens with two attached hydrogens (primary N) is 1. The second-order valence-electron chi connectivity index (χ2n) is 8.62. The highest BCUT2D eigenvalue weighted by Gasteiger charge is 2.38. The molecular formula is C24H22F6N6O6. The third kappa shape index (κ3) is 8.32. The Morgan fingerprint density at radius 3 is 2.14 bits per heavy atom. The number of phenols is 1. The van der Waals surface area contributed by atoms with Gasteiger partial charge in [0.25, 0.3) is 0 Å². The molecule has 1 aliphatic rings. The van der Waals surface area contributed by atoms with Crippen LogP contribution in [0.25, 0.3) is 33.7 Å². The number of alkyl halides is 6. The lowest BCUT2D eigenvalue weighted by Crippen LogP contribution is -2.29. The molecule has 0 saturated carbocycles. The largest absolute Gasteiger partial charge is 0.508 e. The molecular weight excluding hydrogens is 582 g/mol. The van der Waals surface area contributed by atoms with E-state index >= 15 is 0 Å². The zero-order chi connectivity index (χ0) is 31.2. The molecule has 12 nitrogen and oxygen atoms in total. The smallest absolute Gasteiger partial charge is 0.490 e. The first kappa shape index (κ1) is 31.7. The lowest BCUT2D eigenvalue weighted by molar-refractivity contribution is -0.193. The molecule has 0 unspecified atom stereocenters. The summed E-state index contributed by atoms with van der Waals surface area (Å²) < 4.78 is 71.3. The first-order valence-electron chi connectivity index (χ1n) is 11.8. The van der Waals surface area contributed by atoms with E-state index in [-0.39, 0.29) is 5.75 Å². The summed E-state index contributed by atoms with van der Waals surface area (Å²) in [4.78, 5) is 26.6. The van der Waals surface area contributed by atoms with Crippen LogP contribution in [0.4, 0.5) is 32.2 Å². The molecule has 0 amide bonds. The minimum Gasteiger partial charge on any atom is -0.508 e. The van der Waals surface area contributed by atoms with E-state index in [9.17, 15) is 31.4 Å². The zero-order valence-corrected chi connectivity index (χ0v) is 21.1. The van der Waals surface area contributed by atoms with Crippen molar-refractivity contribution in [1.82, 2.24) is 25.1 Å². The zero-order valence-electron chi connectivity index (χ0n) is 21.1. The van der Waals surface area contributed by atoms with Crippen LogP contribution in [0.3, 0.4) is 0 Å². The number of piperidine rings is 1. The number of benzene rings is 1. The van der Waals surface area contributed by atoms with E-state index < -0.39 is 24.3 Å². The van der Waals surface area contributed by atoms with Crippen molar-refractivity contribution in [2.45, 2.75) is 31.2 Å². The Morgan fingerprint density at radius 2 is 1.57 bits per heavy atom. The molecule has 4 heterocycles. The Bertz CT molecular complexity index is 1520. The molecule has 5 rings (SSSR count). The second-order valence-corrected chi connectivity index (χ2v) is 8.62. The number of hydrogen-bond acceptors (Lipinski definition) is 9. The van der Waals surface area contributed by atoms with E-state index in [1.54, 1.807) is 18.3 Å². The van der Waals surface area contributed by atoms with E-state index in [4.69, 9.17) is 30.0 Å². The molecule has 1 aromatic carbocycles. The minimum atomic E-state index is -5.08. The van der Waals surface area contributed by atoms with Crippen molar-refractivity contribution in [3.8, 4) is 28.3 Å². The fourth-order valence-corrected chi connectivity index (χ4v) is 3.59. The van der Waals surface area contributed by atoms with Crippen LogP contribution in [0.5, 0.6) is 5.75 Å². The number of rotatable bonds is 3. The molecule has 226 valence electrons. The Kier molecular flexibility index (Phi) is 9.61. The van der Waals surface area contributed by atoms with Crippen molar-refractivity contribution in [2.75, 3.05) is 18.8 Å². The average molecular weight is 604 g/mol. The fourth-order valence-electron chi connectivity index (χ4n) is 3.59. The number of nitrogen functional groups attached to an aromatic ring is 1. The van der Waals surface area contributed by atoms with Crippen LogP contribution in [0.1, 0.15) is 18.9 Å². The number of nitrogens with zero attached hydrogens (tertiary/aromatic N) is 4. The van der Waals surface area contributed by atoms with E-state index in [1.165, 1.54) is 6.07 Å². The topological polar surface area (TPSA) is 190 Å². The fraction of sp³-hybridized carbons (Fsp3) is 0.292. The van der Waals surface area contributed by atoms with Crippen LogP contribution in [0.2, 0.25) is 0 Å². The number of anilines is 1. The van der Waals surface area contributed by atoms with Gasteiger partial charge >= 0.3 is 24.3 Å². The van der Waals surface area contributed by atoms with E-state index in [0.29, 0.717) is 34.4 Å². The molecule has 4 aromatic rings. The lowest BCUT2D eigenvalue weighted by Gasteiger charge is -2.22. The van der Waals surface area contributed by atoms with Crippen molar-refractivity contribution in [3.63, 3.8) is 0 Å². The van der Waals surface area contributed by atoms with Crippen molar-refractivity contribution in [1.29, 1.82) is 0 Å². The Morgan fingerprint density at radius 1 is 0.976 bits per heavy atom. The Balaban J connectivity index is 0.000000289. The summed E-state index contributed by atoms with van der Waals surface area (Å²) in [6.07, 6.45) is -2.39. The van der Waals surface area contributed by atoms with Crippen molar-refractivity contribution in [2.24, 2.45) is 0 Å². The number of aromatic hydroxyl groups is 1. The van der Waals surface area contributed by atoms with Gasteiger partial charge in [-0.1, -0.05) is 0 Å². The number of nitrogens with one attached hydrogen (secondary N) is 1. The first-order chi connectivity index (χ1) is 19.6. The molecule has 0 bridgehead atoms. The van der Waals surface area contributed by atoms with Crippen molar-refractivity contribution in [3.05, 3.63) is 42.9 Å². The van der Waals surface area contributed by atoms with Crippen LogP contribution < -0.4 is 11.1 Å². The summed E-state index contributed by atoms with van der Waals surface area (Å²) in [6, 6.07) is 7.13. The Labute approximate surface area is 231 Å². The molecule has 0 spiro atoms. The van der Waals surface area contributed by atoms with Gasteiger partial charge < -0.3 is 30.8 Å². The van der Waals surface area contributed by atoms with Gasteiger partial charge in [-0.15, -0.1) is 0 Å². The number of phenolic OH excluding ortho intramolecular Hbond substituents is 1. The highest BCUT2D eigenvalue weighted by Crippen LogP contribution is 2.32.